The summed E-state index contributed by atoms with van der Waals surface area (Å²) >= 11 is 0. The molecule has 2 fully saturated rings. The number of hydrogen-bond acceptors (Lipinski definition) is 5. The SMILES string of the molecule is O=C1[C@H]2CNCCN2c2ncc(C(F)(F)F)cc2N1CC1CCO1. The zero-order chi connectivity index (χ0) is 16.9. The van der Waals surface area contributed by atoms with Gasteiger partial charge in [-0.1, -0.05) is 0 Å². The van der Waals surface area contributed by atoms with Crippen molar-refractivity contribution in [1.29, 1.82) is 0 Å². The zero-order valence-corrected chi connectivity index (χ0v) is 12.8. The summed E-state index contributed by atoms with van der Waals surface area (Å²) in [5.41, 5.74) is -0.620. The van der Waals surface area contributed by atoms with Crippen LogP contribution < -0.4 is 15.1 Å². The van der Waals surface area contributed by atoms with Crippen molar-refractivity contribution < 1.29 is 22.7 Å². The van der Waals surface area contributed by atoms with Gasteiger partial charge in [-0.2, -0.15) is 13.2 Å². The van der Waals surface area contributed by atoms with Gasteiger partial charge in [-0.15, -0.1) is 0 Å². The number of alkyl halides is 3. The summed E-state index contributed by atoms with van der Waals surface area (Å²) in [5.74, 6) is 0.236. The lowest BCUT2D eigenvalue weighted by atomic mass is 10.0. The van der Waals surface area contributed by atoms with Crippen LogP contribution in [0, 0.1) is 0 Å². The molecule has 24 heavy (non-hydrogen) atoms. The van der Waals surface area contributed by atoms with E-state index in [1.807, 2.05) is 0 Å². The average Bonchev–Trinajstić information content (AvgIpc) is 2.52. The Balaban J connectivity index is 1.77. The largest absolute Gasteiger partial charge is 0.417 e. The Bertz CT molecular complexity index is 663. The number of hydrogen-bond donors (Lipinski definition) is 1. The van der Waals surface area contributed by atoms with Crippen molar-refractivity contribution in [3.8, 4) is 0 Å². The lowest BCUT2D eigenvalue weighted by Crippen LogP contribution is -2.63. The highest BCUT2D eigenvalue weighted by Gasteiger charge is 2.43. The highest BCUT2D eigenvalue weighted by atomic mass is 19.4. The first kappa shape index (κ1) is 15.6. The predicted octanol–water partition coefficient (Wildman–Crippen LogP) is 1.01. The molecule has 0 saturated carbocycles. The van der Waals surface area contributed by atoms with Gasteiger partial charge < -0.3 is 19.9 Å². The van der Waals surface area contributed by atoms with Crippen LogP contribution in [-0.4, -0.2) is 55.8 Å². The summed E-state index contributed by atoms with van der Waals surface area (Å²) in [6, 6.07) is 0.590. The van der Waals surface area contributed by atoms with Crippen molar-refractivity contribution in [2.75, 3.05) is 42.6 Å². The Kier molecular flexibility index (Phi) is 3.65. The third-order valence-corrected chi connectivity index (χ3v) is 4.71. The topological polar surface area (TPSA) is 57.7 Å². The molecule has 1 aromatic rings. The molecule has 3 aliphatic heterocycles. The normalized spacial score (nSPS) is 26.7. The van der Waals surface area contributed by atoms with Crippen molar-refractivity contribution in [1.82, 2.24) is 10.3 Å². The van der Waals surface area contributed by atoms with E-state index in [-0.39, 0.29) is 24.2 Å². The number of anilines is 2. The third kappa shape index (κ3) is 2.51. The summed E-state index contributed by atoms with van der Waals surface area (Å²) in [6.07, 6.45) is -2.98. The number of ether oxygens (including phenoxy) is 1. The molecular weight excluding hydrogens is 325 g/mol. The number of fused-ring (bicyclic) bond motifs is 3. The van der Waals surface area contributed by atoms with E-state index in [1.165, 1.54) is 4.90 Å². The van der Waals surface area contributed by atoms with Crippen LogP contribution in [0.3, 0.4) is 0 Å². The van der Waals surface area contributed by atoms with Crippen LogP contribution in [0.5, 0.6) is 0 Å². The van der Waals surface area contributed by atoms with Gasteiger partial charge in [-0.3, -0.25) is 4.79 Å². The number of nitrogens with zero attached hydrogens (tertiary/aromatic N) is 3. The van der Waals surface area contributed by atoms with Gasteiger partial charge in [0.25, 0.3) is 5.91 Å². The number of pyridine rings is 1. The minimum absolute atomic E-state index is 0.126. The minimum atomic E-state index is -4.50. The Morgan fingerprint density at radius 3 is 2.88 bits per heavy atom. The first-order valence-electron chi connectivity index (χ1n) is 7.93. The first-order valence-corrected chi connectivity index (χ1v) is 7.93. The summed E-state index contributed by atoms with van der Waals surface area (Å²) in [7, 11) is 0. The second-order valence-electron chi connectivity index (χ2n) is 6.21. The lowest BCUT2D eigenvalue weighted by Gasteiger charge is -2.45. The fraction of sp³-hybridized carbons (Fsp3) is 0.600. The van der Waals surface area contributed by atoms with Gasteiger partial charge in [0, 0.05) is 32.4 Å². The van der Waals surface area contributed by atoms with E-state index in [1.54, 1.807) is 4.90 Å². The zero-order valence-electron chi connectivity index (χ0n) is 12.8. The third-order valence-electron chi connectivity index (χ3n) is 4.71. The predicted molar refractivity (Wildman–Crippen MR) is 80.0 cm³/mol. The molecule has 0 bridgehead atoms. The molecule has 4 heterocycles. The molecule has 0 radical (unpaired) electrons. The molecule has 0 aromatic carbocycles. The van der Waals surface area contributed by atoms with Gasteiger partial charge in [-0.25, -0.2) is 4.98 Å². The van der Waals surface area contributed by atoms with E-state index in [4.69, 9.17) is 4.74 Å². The van der Waals surface area contributed by atoms with Crippen molar-refractivity contribution in [3.05, 3.63) is 17.8 Å². The molecular formula is C15H17F3N4O2. The number of carbonyl (C=O) groups is 1. The van der Waals surface area contributed by atoms with Gasteiger partial charge in [0.05, 0.1) is 23.9 Å². The molecule has 0 spiro atoms. The van der Waals surface area contributed by atoms with Crippen molar-refractivity contribution in [3.63, 3.8) is 0 Å². The van der Waals surface area contributed by atoms with E-state index in [0.717, 1.165) is 18.7 Å². The van der Waals surface area contributed by atoms with Crippen molar-refractivity contribution in [2.45, 2.75) is 24.7 Å². The molecule has 0 aliphatic carbocycles. The molecule has 4 rings (SSSR count). The molecule has 1 amide bonds. The van der Waals surface area contributed by atoms with Crippen LogP contribution in [0.25, 0.3) is 0 Å². The quantitative estimate of drug-likeness (QED) is 0.870. The fourth-order valence-corrected chi connectivity index (χ4v) is 3.32. The fourth-order valence-electron chi connectivity index (χ4n) is 3.32. The summed E-state index contributed by atoms with van der Waals surface area (Å²) in [5, 5.41) is 3.15. The van der Waals surface area contributed by atoms with Crippen LogP contribution in [0.15, 0.2) is 12.3 Å². The second-order valence-corrected chi connectivity index (χ2v) is 6.21. The molecule has 1 aromatic heterocycles. The van der Waals surface area contributed by atoms with Crippen LogP contribution in [0.4, 0.5) is 24.7 Å². The second kappa shape index (κ2) is 5.59. The number of nitrogens with one attached hydrogen (secondary N) is 1. The number of aromatic nitrogens is 1. The maximum Gasteiger partial charge on any atom is 0.417 e. The first-order chi connectivity index (χ1) is 11.4. The maximum absolute atomic E-state index is 13.1. The minimum Gasteiger partial charge on any atom is -0.376 e. The van der Waals surface area contributed by atoms with Gasteiger partial charge in [0.15, 0.2) is 5.82 Å². The lowest BCUT2D eigenvalue weighted by molar-refractivity contribution is -0.138. The van der Waals surface area contributed by atoms with Gasteiger partial charge in [0.1, 0.15) is 6.04 Å². The maximum atomic E-state index is 13.1. The molecule has 1 N–H and O–H groups in total. The number of amides is 1. The molecule has 9 heteroatoms. The summed E-state index contributed by atoms with van der Waals surface area (Å²) in [6.45, 7) is 2.55. The highest BCUT2D eigenvalue weighted by molar-refractivity contribution is 6.05. The standard InChI is InChI=1S/C15H17F3N4O2/c16-15(17,18)9-5-11-13(20-6-9)21-3-2-19-7-12(21)14(23)22(11)8-10-1-4-24-10/h5-6,10,12,19H,1-4,7-8H2/t10?,12-/m1/s1. The Morgan fingerprint density at radius 2 is 2.21 bits per heavy atom. The van der Waals surface area contributed by atoms with Gasteiger partial charge in [0.2, 0.25) is 0 Å². The Hall–Kier alpha value is -1.87. The molecule has 130 valence electrons. The van der Waals surface area contributed by atoms with Crippen LogP contribution >= 0.6 is 0 Å². The molecule has 1 unspecified atom stereocenters. The molecule has 2 saturated heterocycles. The monoisotopic (exact) mass is 342 g/mol. The molecule has 6 nitrogen and oxygen atoms in total. The van der Waals surface area contributed by atoms with Crippen LogP contribution in [-0.2, 0) is 15.7 Å². The summed E-state index contributed by atoms with van der Waals surface area (Å²) in [4.78, 5) is 20.1. The van der Waals surface area contributed by atoms with Crippen LogP contribution in [0.2, 0.25) is 0 Å². The number of carbonyl (C=O) groups excluding carboxylic acids is 1. The highest BCUT2D eigenvalue weighted by Crippen LogP contribution is 2.39. The van der Waals surface area contributed by atoms with Gasteiger partial charge >= 0.3 is 6.18 Å². The van der Waals surface area contributed by atoms with Crippen molar-refractivity contribution in [2.24, 2.45) is 0 Å². The van der Waals surface area contributed by atoms with E-state index in [9.17, 15) is 18.0 Å². The van der Waals surface area contributed by atoms with E-state index >= 15 is 0 Å². The molecule has 3 aliphatic rings. The summed E-state index contributed by atoms with van der Waals surface area (Å²) < 4.78 is 44.6. The van der Waals surface area contributed by atoms with E-state index < -0.39 is 17.8 Å². The van der Waals surface area contributed by atoms with Crippen molar-refractivity contribution >= 4 is 17.4 Å². The number of rotatable bonds is 2. The average molecular weight is 342 g/mol. The van der Waals surface area contributed by atoms with E-state index in [2.05, 4.69) is 10.3 Å². The smallest absolute Gasteiger partial charge is 0.376 e. The van der Waals surface area contributed by atoms with Gasteiger partial charge in [-0.05, 0) is 12.5 Å². The Labute approximate surface area is 136 Å². The van der Waals surface area contributed by atoms with E-state index in [0.29, 0.717) is 32.1 Å². The number of piperazine rings is 1. The molecule has 2 atom stereocenters. The Morgan fingerprint density at radius 1 is 1.42 bits per heavy atom. The number of halogens is 3. The van der Waals surface area contributed by atoms with Crippen LogP contribution in [0.1, 0.15) is 12.0 Å².